The lowest BCUT2D eigenvalue weighted by molar-refractivity contribution is -0.129. The highest BCUT2D eigenvalue weighted by atomic mass is 16.2. The SMILES string of the molecule is CCC(=O)N1CCC(NC(=O)N(c2ccccc2)c2ccccc2)C1. The van der Waals surface area contributed by atoms with E-state index < -0.39 is 0 Å². The number of carbonyl (C=O) groups excluding carboxylic acids is 2. The molecule has 0 aromatic heterocycles. The van der Waals surface area contributed by atoms with Crippen LogP contribution < -0.4 is 10.2 Å². The average Bonchev–Trinajstić information content (AvgIpc) is 3.11. The molecule has 0 radical (unpaired) electrons. The van der Waals surface area contributed by atoms with Gasteiger partial charge in [-0.25, -0.2) is 4.79 Å². The minimum Gasteiger partial charge on any atom is -0.341 e. The Morgan fingerprint density at radius 1 is 1.04 bits per heavy atom. The molecule has 25 heavy (non-hydrogen) atoms. The van der Waals surface area contributed by atoms with Gasteiger partial charge in [0.25, 0.3) is 0 Å². The summed E-state index contributed by atoms with van der Waals surface area (Å²) < 4.78 is 0. The van der Waals surface area contributed by atoms with Crippen LogP contribution in [-0.2, 0) is 4.79 Å². The Morgan fingerprint density at radius 3 is 2.12 bits per heavy atom. The molecular weight excluding hydrogens is 314 g/mol. The van der Waals surface area contributed by atoms with Gasteiger partial charge in [0.2, 0.25) is 5.91 Å². The van der Waals surface area contributed by atoms with Crippen molar-refractivity contribution in [1.29, 1.82) is 0 Å². The van der Waals surface area contributed by atoms with Crippen LogP contribution in [-0.4, -0.2) is 36.0 Å². The molecule has 3 rings (SSSR count). The third-order valence-electron chi connectivity index (χ3n) is 4.40. The fraction of sp³-hybridized carbons (Fsp3) is 0.300. The third-order valence-corrected chi connectivity index (χ3v) is 4.40. The summed E-state index contributed by atoms with van der Waals surface area (Å²) in [6.45, 7) is 3.14. The maximum absolute atomic E-state index is 13.0. The molecule has 0 spiro atoms. The predicted molar refractivity (Wildman–Crippen MR) is 98.8 cm³/mol. The molecule has 1 unspecified atom stereocenters. The Kier molecular flexibility index (Phi) is 5.33. The number of nitrogens with zero attached hydrogens (tertiary/aromatic N) is 2. The number of carbonyl (C=O) groups is 2. The summed E-state index contributed by atoms with van der Waals surface area (Å²) in [6.07, 6.45) is 1.29. The first-order chi connectivity index (χ1) is 12.2. The molecule has 1 fully saturated rings. The standard InChI is InChI=1S/C20H23N3O2/c1-2-19(24)22-14-13-16(15-22)21-20(25)23(17-9-5-3-6-10-17)18-11-7-4-8-12-18/h3-12,16H,2,13-15H2,1H3,(H,21,25). The first-order valence-corrected chi connectivity index (χ1v) is 8.67. The fourth-order valence-electron chi connectivity index (χ4n) is 3.11. The fourth-order valence-corrected chi connectivity index (χ4v) is 3.11. The molecule has 1 aliphatic rings. The van der Waals surface area contributed by atoms with Crippen molar-refractivity contribution >= 4 is 23.3 Å². The zero-order valence-corrected chi connectivity index (χ0v) is 14.4. The number of hydrogen-bond acceptors (Lipinski definition) is 2. The normalized spacial score (nSPS) is 16.5. The second kappa shape index (κ2) is 7.83. The summed E-state index contributed by atoms with van der Waals surface area (Å²) in [5.74, 6) is 0.139. The molecule has 0 saturated carbocycles. The number of nitrogens with one attached hydrogen (secondary N) is 1. The van der Waals surface area contributed by atoms with Crippen LogP contribution in [0.1, 0.15) is 19.8 Å². The van der Waals surface area contributed by atoms with E-state index in [-0.39, 0.29) is 18.0 Å². The molecular formula is C20H23N3O2. The molecule has 2 aromatic carbocycles. The number of likely N-dealkylation sites (tertiary alicyclic amines) is 1. The lowest BCUT2D eigenvalue weighted by Crippen LogP contribution is -2.44. The zero-order chi connectivity index (χ0) is 17.6. The van der Waals surface area contributed by atoms with Crippen LogP contribution in [0.5, 0.6) is 0 Å². The zero-order valence-electron chi connectivity index (χ0n) is 14.4. The number of para-hydroxylation sites is 2. The van der Waals surface area contributed by atoms with Gasteiger partial charge < -0.3 is 10.2 Å². The molecule has 1 heterocycles. The molecule has 1 N–H and O–H groups in total. The van der Waals surface area contributed by atoms with E-state index in [4.69, 9.17) is 0 Å². The second-order valence-electron chi connectivity index (χ2n) is 6.13. The molecule has 1 atom stereocenters. The van der Waals surface area contributed by atoms with Crippen LogP contribution in [0, 0.1) is 0 Å². The van der Waals surface area contributed by atoms with E-state index >= 15 is 0 Å². The number of rotatable bonds is 4. The Hall–Kier alpha value is -2.82. The maximum Gasteiger partial charge on any atom is 0.326 e. The smallest absolute Gasteiger partial charge is 0.326 e. The average molecular weight is 337 g/mol. The number of hydrogen-bond donors (Lipinski definition) is 1. The van der Waals surface area contributed by atoms with Crippen LogP contribution in [0.4, 0.5) is 16.2 Å². The molecule has 130 valence electrons. The van der Waals surface area contributed by atoms with Gasteiger partial charge in [0.05, 0.1) is 11.4 Å². The summed E-state index contributed by atoms with van der Waals surface area (Å²) in [5.41, 5.74) is 1.62. The molecule has 0 bridgehead atoms. The van der Waals surface area contributed by atoms with Crippen molar-refractivity contribution in [2.24, 2.45) is 0 Å². The van der Waals surface area contributed by atoms with Gasteiger partial charge >= 0.3 is 6.03 Å². The molecule has 2 aromatic rings. The minimum absolute atomic E-state index is 0.0158. The van der Waals surface area contributed by atoms with Gasteiger partial charge in [-0.1, -0.05) is 43.3 Å². The van der Waals surface area contributed by atoms with E-state index in [2.05, 4.69) is 5.32 Å². The molecule has 0 aliphatic carbocycles. The van der Waals surface area contributed by atoms with Gasteiger partial charge in [-0.15, -0.1) is 0 Å². The lowest BCUT2D eigenvalue weighted by atomic mass is 10.2. The Labute approximate surface area is 148 Å². The highest BCUT2D eigenvalue weighted by Gasteiger charge is 2.28. The third kappa shape index (κ3) is 3.99. The largest absolute Gasteiger partial charge is 0.341 e. The number of urea groups is 1. The van der Waals surface area contributed by atoms with Crippen molar-refractivity contribution in [2.75, 3.05) is 18.0 Å². The van der Waals surface area contributed by atoms with Crippen molar-refractivity contribution in [3.8, 4) is 0 Å². The van der Waals surface area contributed by atoms with Crippen molar-refractivity contribution in [3.05, 3.63) is 60.7 Å². The first-order valence-electron chi connectivity index (χ1n) is 8.67. The van der Waals surface area contributed by atoms with Crippen molar-refractivity contribution in [1.82, 2.24) is 10.2 Å². The summed E-state index contributed by atoms with van der Waals surface area (Å²) in [7, 11) is 0. The summed E-state index contributed by atoms with van der Waals surface area (Å²) in [6, 6.07) is 19.0. The van der Waals surface area contributed by atoms with Crippen LogP contribution in [0.15, 0.2) is 60.7 Å². The molecule has 1 saturated heterocycles. The monoisotopic (exact) mass is 337 g/mol. The quantitative estimate of drug-likeness (QED) is 0.928. The number of amides is 3. The Balaban J connectivity index is 1.76. The van der Waals surface area contributed by atoms with E-state index in [9.17, 15) is 9.59 Å². The van der Waals surface area contributed by atoms with Gasteiger partial charge in [0, 0.05) is 25.6 Å². The van der Waals surface area contributed by atoms with Crippen LogP contribution in [0.25, 0.3) is 0 Å². The van der Waals surface area contributed by atoms with Gasteiger partial charge in [-0.3, -0.25) is 9.69 Å². The second-order valence-corrected chi connectivity index (χ2v) is 6.13. The van der Waals surface area contributed by atoms with E-state index in [0.717, 1.165) is 17.8 Å². The van der Waals surface area contributed by atoms with E-state index in [1.807, 2.05) is 72.5 Å². The van der Waals surface area contributed by atoms with Crippen molar-refractivity contribution in [3.63, 3.8) is 0 Å². The van der Waals surface area contributed by atoms with E-state index in [1.54, 1.807) is 4.90 Å². The van der Waals surface area contributed by atoms with E-state index in [1.165, 1.54) is 0 Å². The van der Waals surface area contributed by atoms with Gasteiger partial charge in [-0.2, -0.15) is 0 Å². The number of anilines is 2. The van der Waals surface area contributed by atoms with E-state index in [0.29, 0.717) is 19.5 Å². The van der Waals surface area contributed by atoms with Crippen LogP contribution in [0.3, 0.4) is 0 Å². The first kappa shape index (κ1) is 17.0. The molecule has 5 nitrogen and oxygen atoms in total. The highest BCUT2D eigenvalue weighted by molar-refractivity contribution is 5.99. The summed E-state index contributed by atoms with van der Waals surface area (Å²) >= 11 is 0. The minimum atomic E-state index is -0.173. The Bertz CT molecular complexity index is 679. The Morgan fingerprint density at radius 2 is 1.60 bits per heavy atom. The molecule has 5 heteroatoms. The van der Waals surface area contributed by atoms with Gasteiger partial charge in [0.1, 0.15) is 0 Å². The summed E-state index contributed by atoms with van der Waals surface area (Å²) in [4.78, 5) is 28.3. The van der Waals surface area contributed by atoms with Crippen molar-refractivity contribution < 1.29 is 9.59 Å². The van der Waals surface area contributed by atoms with Gasteiger partial charge in [0.15, 0.2) is 0 Å². The summed E-state index contributed by atoms with van der Waals surface area (Å²) in [5, 5.41) is 3.08. The molecule has 1 aliphatic heterocycles. The topological polar surface area (TPSA) is 52.7 Å². The van der Waals surface area contributed by atoms with Gasteiger partial charge in [-0.05, 0) is 30.7 Å². The molecule has 3 amide bonds. The predicted octanol–water partition coefficient (Wildman–Crippen LogP) is 3.55. The van der Waals surface area contributed by atoms with Crippen LogP contribution >= 0.6 is 0 Å². The lowest BCUT2D eigenvalue weighted by Gasteiger charge is -2.25. The van der Waals surface area contributed by atoms with Crippen molar-refractivity contribution in [2.45, 2.75) is 25.8 Å². The number of benzene rings is 2. The van der Waals surface area contributed by atoms with Crippen LogP contribution in [0.2, 0.25) is 0 Å². The maximum atomic E-state index is 13.0. The highest BCUT2D eigenvalue weighted by Crippen LogP contribution is 2.25.